The molecular formula is C14H10BrNO3. The van der Waals surface area contributed by atoms with Gasteiger partial charge in [0.2, 0.25) is 0 Å². The Morgan fingerprint density at radius 1 is 1.37 bits per heavy atom. The number of pyridine rings is 1. The first-order valence-corrected chi connectivity index (χ1v) is 6.55. The second-order valence-corrected chi connectivity index (χ2v) is 5.20. The number of hydrogen-bond donors (Lipinski definition) is 1. The normalized spacial score (nSPS) is 16.8. The van der Waals surface area contributed by atoms with E-state index in [0.717, 1.165) is 4.47 Å². The largest absolute Gasteiger partial charge is 0.487 e. The zero-order valence-electron chi connectivity index (χ0n) is 9.84. The molecule has 1 aliphatic rings. The van der Waals surface area contributed by atoms with Crippen molar-refractivity contribution in [2.75, 3.05) is 0 Å². The highest BCUT2D eigenvalue weighted by Crippen LogP contribution is 2.38. The summed E-state index contributed by atoms with van der Waals surface area (Å²) in [5, 5.41) is 9.55. The summed E-state index contributed by atoms with van der Waals surface area (Å²) in [7, 11) is 0. The van der Waals surface area contributed by atoms with Gasteiger partial charge in [0.05, 0.1) is 5.69 Å². The van der Waals surface area contributed by atoms with E-state index in [9.17, 15) is 9.90 Å². The van der Waals surface area contributed by atoms with Crippen LogP contribution < -0.4 is 4.74 Å². The fraction of sp³-hybridized carbons (Fsp3) is 0.143. The second-order valence-electron chi connectivity index (χ2n) is 4.28. The first-order valence-electron chi connectivity index (χ1n) is 5.75. The van der Waals surface area contributed by atoms with Crippen molar-refractivity contribution in [3.05, 3.63) is 57.8 Å². The van der Waals surface area contributed by atoms with Crippen LogP contribution in [-0.4, -0.2) is 16.1 Å². The van der Waals surface area contributed by atoms with E-state index in [1.54, 1.807) is 30.5 Å². The fourth-order valence-corrected chi connectivity index (χ4v) is 2.67. The number of fused-ring (bicyclic) bond motifs is 2. The molecule has 1 aliphatic heterocycles. The number of aliphatic carboxylic acids is 1. The Balaban J connectivity index is 2.25. The fourth-order valence-electron chi connectivity index (χ4n) is 2.29. The van der Waals surface area contributed by atoms with Crippen LogP contribution in [0, 0.1) is 0 Å². The van der Waals surface area contributed by atoms with Gasteiger partial charge in [0, 0.05) is 16.2 Å². The van der Waals surface area contributed by atoms with Crippen molar-refractivity contribution in [1.82, 2.24) is 4.98 Å². The van der Waals surface area contributed by atoms with Crippen LogP contribution in [-0.2, 0) is 11.4 Å². The monoisotopic (exact) mass is 319 g/mol. The molecule has 0 aliphatic carbocycles. The predicted octanol–water partition coefficient (Wildman–Crippen LogP) is 2.95. The van der Waals surface area contributed by atoms with Gasteiger partial charge >= 0.3 is 5.97 Å². The van der Waals surface area contributed by atoms with E-state index in [1.807, 2.05) is 6.07 Å². The molecule has 0 saturated carbocycles. The van der Waals surface area contributed by atoms with Gasteiger partial charge in [-0.05, 0) is 29.8 Å². The molecule has 19 heavy (non-hydrogen) atoms. The van der Waals surface area contributed by atoms with Crippen LogP contribution in [0.1, 0.15) is 22.7 Å². The molecule has 1 aromatic heterocycles. The summed E-state index contributed by atoms with van der Waals surface area (Å²) >= 11 is 3.37. The van der Waals surface area contributed by atoms with Gasteiger partial charge in [0.25, 0.3) is 0 Å². The van der Waals surface area contributed by atoms with Crippen molar-refractivity contribution in [3.8, 4) is 5.75 Å². The van der Waals surface area contributed by atoms with Crippen LogP contribution >= 0.6 is 15.9 Å². The lowest BCUT2D eigenvalue weighted by atomic mass is 9.90. The Hall–Kier alpha value is -1.88. The molecule has 0 unspecified atom stereocenters. The number of halogens is 1. The van der Waals surface area contributed by atoms with E-state index < -0.39 is 11.9 Å². The molecule has 96 valence electrons. The summed E-state index contributed by atoms with van der Waals surface area (Å²) in [5.74, 6) is -1.06. The predicted molar refractivity (Wildman–Crippen MR) is 72.2 cm³/mol. The molecular weight excluding hydrogens is 310 g/mol. The van der Waals surface area contributed by atoms with Gasteiger partial charge in [-0.1, -0.05) is 22.0 Å². The Labute approximate surface area is 118 Å². The van der Waals surface area contributed by atoms with Crippen LogP contribution in [0.25, 0.3) is 0 Å². The van der Waals surface area contributed by atoms with E-state index in [2.05, 4.69) is 20.9 Å². The molecule has 2 heterocycles. The molecule has 1 atom stereocenters. The number of ether oxygens (including phenoxy) is 1. The van der Waals surface area contributed by atoms with Gasteiger partial charge in [-0.15, -0.1) is 0 Å². The lowest BCUT2D eigenvalue weighted by Crippen LogP contribution is -2.14. The van der Waals surface area contributed by atoms with E-state index in [-0.39, 0.29) is 6.61 Å². The molecule has 5 heteroatoms. The van der Waals surface area contributed by atoms with E-state index in [0.29, 0.717) is 22.6 Å². The Kier molecular flexibility index (Phi) is 2.98. The standard InChI is InChI=1S/C14H10BrNO3/c15-8-3-4-12-10(6-8)13(14(17)18)9-2-1-5-16-11(9)7-19-12/h1-6,13H,7H2,(H,17,18)/t13-/m0/s1. The minimum absolute atomic E-state index is 0.286. The number of carboxylic acid groups (broad SMARTS) is 1. The van der Waals surface area contributed by atoms with Crippen LogP contribution in [0.4, 0.5) is 0 Å². The van der Waals surface area contributed by atoms with Crippen LogP contribution in [0.15, 0.2) is 41.0 Å². The molecule has 0 radical (unpaired) electrons. The SMILES string of the molecule is O=C(O)[C@@H]1c2cc(Br)ccc2OCc2ncccc21. The average molecular weight is 320 g/mol. The van der Waals surface area contributed by atoms with Gasteiger partial charge in [-0.2, -0.15) is 0 Å². The van der Waals surface area contributed by atoms with Crippen molar-refractivity contribution in [3.63, 3.8) is 0 Å². The average Bonchev–Trinajstić information content (AvgIpc) is 2.54. The Morgan fingerprint density at radius 2 is 2.21 bits per heavy atom. The van der Waals surface area contributed by atoms with Crippen molar-refractivity contribution < 1.29 is 14.6 Å². The van der Waals surface area contributed by atoms with Gasteiger partial charge in [-0.3, -0.25) is 9.78 Å². The molecule has 4 nitrogen and oxygen atoms in total. The molecule has 0 fully saturated rings. The number of carboxylic acids is 1. The Bertz CT molecular complexity index is 657. The van der Waals surface area contributed by atoms with E-state index >= 15 is 0 Å². The highest BCUT2D eigenvalue weighted by molar-refractivity contribution is 9.10. The van der Waals surface area contributed by atoms with Gasteiger partial charge in [-0.25, -0.2) is 0 Å². The van der Waals surface area contributed by atoms with Gasteiger partial charge < -0.3 is 9.84 Å². The van der Waals surface area contributed by atoms with Gasteiger partial charge in [0.15, 0.2) is 0 Å². The first kappa shape index (κ1) is 12.2. The highest BCUT2D eigenvalue weighted by Gasteiger charge is 2.30. The first-order chi connectivity index (χ1) is 9.16. The molecule has 0 bridgehead atoms. The lowest BCUT2D eigenvalue weighted by Gasteiger charge is -2.14. The van der Waals surface area contributed by atoms with Crippen molar-refractivity contribution in [2.45, 2.75) is 12.5 Å². The van der Waals surface area contributed by atoms with E-state index in [1.165, 1.54) is 0 Å². The number of benzene rings is 1. The summed E-state index contributed by atoms with van der Waals surface area (Å²) in [6.07, 6.45) is 1.65. The van der Waals surface area contributed by atoms with E-state index in [4.69, 9.17) is 4.74 Å². The van der Waals surface area contributed by atoms with Crippen LogP contribution in [0.5, 0.6) is 5.75 Å². The molecule has 1 aromatic carbocycles. The number of hydrogen-bond acceptors (Lipinski definition) is 3. The van der Waals surface area contributed by atoms with Crippen LogP contribution in [0.3, 0.4) is 0 Å². The molecule has 0 saturated heterocycles. The molecule has 1 N–H and O–H groups in total. The smallest absolute Gasteiger partial charge is 0.315 e. The summed E-state index contributed by atoms with van der Waals surface area (Å²) in [5.41, 5.74) is 2.00. The minimum atomic E-state index is -0.904. The number of aromatic nitrogens is 1. The Morgan fingerprint density at radius 3 is 3.00 bits per heavy atom. The lowest BCUT2D eigenvalue weighted by molar-refractivity contribution is -0.137. The third-order valence-corrected chi connectivity index (χ3v) is 3.62. The minimum Gasteiger partial charge on any atom is -0.487 e. The highest BCUT2D eigenvalue weighted by atomic mass is 79.9. The summed E-state index contributed by atoms with van der Waals surface area (Å²) in [6, 6.07) is 8.94. The maximum absolute atomic E-state index is 11.6. The number of rotatable bonds is 1. The second kappa shape index (κ2) is 4.66. The zero-order valence-corrected chi connectivity index (χ0v) is 11.4. The maximum atomic E-state index is 11.6. The summed E-state index contributed by atoms with van der Waals surface area (Å²) in [6.45, 7) is 0.286. The molecule has 2 aromatic rings. The topological polar surface area (TPSA) is 59.4 Å². The quantitative estimate of drug-likeness (QED) is 0.878. The summed E-state index contributed by atoms with van der Waals surface area (Å²) < 4.78 is 6.49. The zero-order chi connectivity index (χ0) is 13.4. The third kappa shape index (κ3) is 2.10. The maximum Gasteiger partial charge on any atom is 0.315 e. The summed E-state index contributed by atoms with van der Waals surface area (Å²) in [4.78, 5) is 15.9. The van der Waals surface area contributed by atoms with Crippen molar-refractivity contribution in [1.29, 1.82) is 0 Å². The number of carbonyl (C=O) groups is 1. The third-order valence-electron chi connectivity index (χ3n) is 3.13. The van der Waals surface area contributed by atoms with Crippen molar-refractivity contribution in [2.24, 2.45) is 0 Å². The molecule has 0 spiro atoms. The molecule has 0 amide bonds. The van der Waals surface area contributed by atoms with Crippen LogP contribution in [0.2, 0.25) is 0 Å². The molecule has 3 rings (SSSR count). The van der Waals surface area contributed by atoms with Gasteiger partial charge in [0.1, 0.15) is 18.3 Å². The van der Waals surface area contributed by atoms with Crippen molar-refractivity contribution >= 4 is 21.9 Å². The number of nitrogens with zero attached hydrogens (tertiary/aromatic N) is 1.